The van der Waals surface area contributed by atoms with E-state index in [0.29, 0.717) is 31.0 Å². The smallest absolute Gasteiger partial charge is 0.211 e. The van der Waals surface area contributed by atoms with E-state index in [0.717, 1.165) is 30.8 Å². The largest absolute Gasteiger partial charge is 0.327 e. The van der Waals surface area contributed by atoms with Crippen molar-refractivity contribution in [1.29, 1.82) is 0 Å². The molecular weight excluding hydrogens is 256 g/mol. The summed E-state index contributed by atoms with van der Waals surface area (Å²) in [7, 11) is -3.01. The summed E-state index contributed by atoms with van der Waals surface area (Å²) in [4.78, 5) is 0. The van der Waals surface area contributed by atoms with E-state index in [-0.39, 0.29) is 0 Å². The van der Waals surface area contributed by atoms with Crippen LogP contribution in [0.1, 0.15) is 19.3 Å². The number of thioether (sulfide) groups is 1. The maximum atomic E-state index is 11.5. The van der Waals surface area contributed by atoms with Gasteiger partial charge >= 0.3 is 0 Å². The van der Waals surface area contributed by atoms with E-state index in [1.54, 1.807) is 4.31 Å². The lowest BCUT2D eigenvalue weighted by molar-refractivity contribution is 0.231. The van der Waals surface area contributed by atoms with Crippen LogP contribution in [0.3, 0.4) is 0 Å². The summed E-state index contributed by atoms with van der Waals surface area (Å²) >= 11 is 1.93. The van der Waals surface area contributed by atoms with Crippen LogP contribution in [0.15, 0.2) is 0 Å². The Labute approximate surface area is 108 Å². The molecule has 2 N–H and O–H groups in total. The summed E-state index contributed by atoms with van der Waals surface area (Å²) in [6.45, 7) is 1.40. The van der Waals surface area contributed by atoms with E-state index < -0.39 is 10.0 Å². The normalized spacial score (nSPS) is 36.2. The van der Waals surface area contributed by atoms with Gasteiger partial charge in [0.25, 0.3) is 0 Å². The molecule has 0 amide bonds. The minimum atomic E-state index is -3.01. The molecule has 2 saturated heterocycles. The minimum Gasteiger partial charge on any atom is -0.327 e. The second-order valence-corrected chi connectivity index (χ2v) is 8.38. The van der Waals surface area contributed by atoms with Crippen molar-refractivity contribution in [2.24, 2.45) is 17.6 Å². The molecule has 2 aliphatic heterocycles. The van der Waals surface area contributed by atoms with Crippen LogP contribution in [0.4, 0.5) is 0 Å². The fraction of sp³-hybridized carbons (Fsp3) is 1.00. The zero-order valence-corrected chi connectivity index (χ0v) is 12.0. The van der Waals surface area contributed by atoms with Gasteiger partial charge in [0, 0.05) is 24.9 Å². The quantitative estimate of drug-likeness (QED) is 0.827. The first-order valence-electron chi connectivity index (χ1n) is 6.25. The molecule has 0 aromatic heterocycles. The van der Waals surface area contributed by atoms with Gasteiger partial charge in [-0.1, -0.05) is 0 Å². The second kappa shape index (κ2) is 5.47. The zero-order valence-electron chi connectivity index (χ0n) is 10.3. The average molecular weight is 278 g/mol. The lowest BCUT2D eigenvalue weighted by Crippen LogP contribution is -2.41. The van der Waals surface area contributed by atoms with E-state index in [1.165, 1.54) is 6.26 Å². The van der Waals surface area contributed by atoms with Gasteiger partial charge in [0.05, 0.1) is 6.26 Å². The predicted molar refractivity (Wildman–Crippen MR) is 72.5 cm³/mol. The minimum absolute atomic E-state index is 0.314. The number of hydrogen-bond acceptors (Lipinski definition) is 4. The molecule has 3 unspecified atom stereocenters. The van der Waals surface area contributed by atoms with E-state index in [4.69, 9.17) is 5.73 Å². The van der Waals surface area contributed by atoms with Gasteiger partial charge in [0.2, 0.25) is 10.0 Å². The van der Waals surface area contributed by atoms with E-state index in [1.807, 2.05) is 11.8 Å². The van der Waals surface area contributed by atoms with Crippen molar-refractivity contribution in [3.05, 3.63) is 0 Å². The highest BCUT2D eigenvalue weighted by Crippen LogP contribution is 2.32. The summed E-state index contributed by atoms with van der Waals surface area (Å²) in [5.74, 6) is 3.31. The summed E-state index contributed by atoms with van der Waals surface area (Å²) < 4.78 is 24.7. The molecule has 0 radical (unpaired) electrons. The molecule has 6 heteroatoms. The maximum Gasteiger partial charge on any atom is 0.211 e. The number of hydrogen-bond donors (Lipinski definition) is 1. The molecule has 2 heterocycles. The highest BCUT2D eigenvalue weighted by Gasteiger charge is 2.31. The van der Waals surface area contributed by atoms with Crippen LogP contribution in [0.25, 0.3) is 0 Å². The molecule has 2 fully saturated rings. The van der Waals surface area contributed by atoms with Crippen LogP contribution in [0.5, 0.6) is 0 Å². The standard InChI is InChI=1S/C11H22N2O2S2/c1-17(14,15)13-4-2-3-9(6-13)5-10-7-16-8-11(10)12/h9-11H,2-8,12H2,1H3. The monoisotopic (exact) mass is 278 g/mol. The molecule has 0 aromatic carbocycles. The van der Waals surface area contributed by atoms with Crippen molar-refractivity contribution < 1.29 is 8.42 Å². The van der Waals surface area contributed by atoms with Crippen LogP contribution in [0.2, 0.25) is 0 Å². The molecule has 4 nitrogen and oxygen atoms in total. The SMILES string of the molecule is CS(=O)(=O)N1CCCC(CC2CSCC2N)C1. The van der Waals surface area contributed by atoms with Crippen molar-refractivity contribution >= 4 is 21.8 Å². The number of sulfonamides is 1. The Balaban J connectivity index is 1.89. The van der Waals surface area contributed by atoms with Crippen molar-refractivity contribution in [1.82, 2.24) is 4.31 Å². The van der Waals surface area contributed by atoms with Crippen molar-refractivity contribution in [2.45, 2.75) is 25.3 Å². The van der Waals surface area contributed by atoms with Gasteiger partial charge in [-0.3, -0.25) is 0 Å². The number of nitrogens with two attached hydrogens (primary N) is 1. The van der Waals surface area contributed by atoms with Crippen molar-refractivity contribution in [3.8, 4) is 0 Å². The fourth-order valence-electron chi connectivity index (χ4n) is 2.81. The second-order valence-electron chi connectivity index (χ2n) is 5.33. The Morgan fingerprint density at radius 2 is 2.18 bits per heavy atom. The molecule has 0 aromatic rings. The van der Waals surface area contributed by atoms with E-state index >= 15 is 0 Å². The molecule has 2 rings (SSSR count). The third kappa shape index (κ3) is 3.59. The van der Waals surface area contributed by atoms with Gasteiger partial charge in [-0.25, -0.2) is 12.7 Å². The Hall–Kier alpha value is 0.220. The average Bonchev–Trinajstić information content (AvgIpc) is 2.64. The first kappa shape index (κ1) is 13.6. The van der Waals surface area contributed by atoms with E-state index in [9.17, 15) is 8.42 Å². The molecule has 0 bridgehead atoms. The molecule has 3 atom stereocenters. The van der Waals surface area contributed by atoms with Gasteiger partial charge in [-0.15, -0.1) is 0 Å². The highest BCUT2D eigenvalue weighted by molar-refractivity contribution is 7.99. The third-order valence-corrected chi connectivity index (χ3v) is 6.39. The topological polar surface area (TPSA) is 63.4 Å². The Kier molecular flexibility index (Phi) is 4.39. The number of rotatable bonds is 3. The highest BCUT2D eigenvalue weighted by atomic mass is 32.2. The summed E-state index contributed by atoms with van der Waals surface area (Å²) in [5.41, 5.74) is 6.06. The van der Waals surface area contributed by atoms with Crippen LogP contribution in [-0.4, -0.2) is 49.6 Å². The van der Waals surface area contributed by atoms with Crippen LogP contribution in [0, 0.1) is 11.8 Å². The summed E-state index contributed by atoms with van der Waals surface area (Å²) in [6, 6.07) is 0.314. The first-order chi connectivity index (χ1) is 7.97. The zero-order chi connectivity index (χ0) is 12.5. The Bertz CT molecular complexity index is 358. The fourth-order valence-corrected chi connectivity index (χ4v) is 5.12. The molecule has 0 aliphatic carbocycles. The van der Waals surface area contributed by atoms with Gasteiger partial charge in [0.1, 0.15) is 0 Å². The first-order valence-corrected chi connectivity index (χ1v) is 9.25. The maximum absolute atomic E-state index is 11.5. The van der Waals surface area contributed by atoms with Crippen LogP contribution in [-0.2, 0) is 10.0 Å². The molecule has 0 spiro atoms. The Morgan fingerprint density at radius 1 is 1.41 bits per heavy atom. The van der Waals surface area contributed by atoms with Crippen molar-refractivity contribution in [3.63, 3.8) is 0 Å². The predicted octanol–water partition coefficient (Wildman–Crippen LogP) is 0.738. The molecular formula is C11H22N2O2S2. The molecule has 100 valence electrons. The number of nitrogens with zero attached hydrogens (tertiary/aromatic N) is 1. The molecule has 17 heavy (non-hydrogen) atoms. The lowest BCUT2D eigenvalue weighted by Gasteiger charge is -2.32. The third-order valence-electron chi connectivity index (χ3n) is 3.83. The van der Waals surface area contributed by atoms with Gasteiger partial charge < -0.3 is 5.73 Å². The van der Waals surface area contributed by atoms with Gasteiger partial charge in [0.15, 0.2) is 0 Å². The van der Waals surface area contributed by atoms with Crippen LogP contribution >= 0.6 is 11.8 Å². The molecule has 2 aliphatic rings. The molecule has 0 saturated carbocycles. The van der Waals surface area contributed by atoms with Gasteiger partial charge in [-0.2, -0.15) is 11.8 Å². The van der Waals surface area contributed by atoms with E-state index in [2.05, 4.69) is 0 Å². The van der Waals surface area contributed by atoms with Crippen molar-refractivity contribution in [2.75, 3.05) is 30.9 Å². The summed E-state index contributed by atoms with van der Waals surface area (Å²) in [5, 5.41) is 0. The Morgan fingerprint density at radius 3 is 2.76 bits per heavy atom. The number of piperidine rings is 1. The lowest BCUT2D eigenvalue weighted by atomic mass is 9.87. The van der Waals surface area contributed by atoms with Crippen LogP contribution < -0.4 is 5.73 Å². The van der Waals surface area contributed by atoms with Gasteiger partial charge in [-0.05, 0) is 36.9 Å². The summed E-state index contributed by atoms with van der Waals surface area (Å²) in [6.07, 6.45) is 4.56.